The fraction of sp³-hybridized carbons (Fsp3) is 0.647. The fourth-order valence-corrected chi connectivity index (χ4v) is 3.12. The Morgan fingerprint density at radius 3 is 2.16 bits per heavy atom. The average molecular weight is 262 g/mol. The molecule has 19 heavy (non-hydrogen) atoms. The molecule has 0 spiro atoms. The average Bonchev–Trinajstić information content (AvgIpc) is 2.38. The molecule has 0 atom stereocenters. The maximum Gasteiger partial charge on any atom is 0.0725 e. The first kappa shape index (κ1) is 14.5. The number of aryl methyl sites for hydroxylation is 3. The molecule has 2 rings (SSSR count). The van der Waals surface area contributed by atoms with Crippen LogP contribution in [-0.2, 0) is 11.3 Å². The molecular formula is C17H26O2. The van der Waals surface area contributed by atoms with Gasteiger partial charge in [-0.05, 0) is 69.1 Å². The summed E-state index contributed by atoms with van der Waals surface area (Å²) in [5.74, 6) is 0.502. The van der Waals surface area contributed by atoms with E-state index in [4.69, 9.17) is 9.84 Å². The van der Waals surface area contributed by atoms with Gasteiger partial charge in [0.25, 0.3) is 0 Å². The molecule has 106 valence electrons. The lowest BCUT2D eigenvalue weighted by atomic mass is 9.88. The minimum absolute atomic E-state index is 0.336. The molecule has 0 heterocycles. The summed E-state index contributed by atoms with van der Waals surface area (Å²) >= 11 is 0. The van der Waals surface area contributed by atoms with Crippen molar-refractivity contribution in [2.45, 2.75) is 59.2 Å². The Balaban J connectivity index is 1.89. The molecule has 1 aliphatic rings. The minimum Gasteiger partial charge on any atom is -0.396 e. The van der Waals surface area contributed by atoms with Gasteiger partial charge in [-0.3, -0.25) is 0 Å². The van der Waals surface area contributed by atoms with Crippen LogP contribution in [0.4, 0.5) is 0 Å². The van der Waals surface area contributed by atoms with Gasteiger partial charge in [-0.2, -0.15) is 0 Å². The van der Waals surface area contributed by atoms with E-state index in [1.54, 1.807) is 0 Å². The van der Waals surface area contributed by atoms with Crippen LogP contribution in [0.2, 0.25) is 0 Å². The van der Waals surface area contributed by atoms with E-state index in [1.807, 2.05) is 0 Å². The van der Waals surface area contributed by atoms with Crippen molar-refractivity contribution in [1.82, 2.24) is 0 Å². The zero-order valence-electron chi connectivity index (χ0n) is 12.4. The van der Waals surface area contributed by atoms with Crippen LogP contribution in [0.15, 0.2) is 12.1 Å². The molecule has 2 heteroatoms. The van der Waals surface area contributed by atoms with E-state index < -0.39 is 0 Å². The second-order valence-corrected chi connectivity index (χ2v) is 6.01. The first-order valence-electron chi connectivity index (χ1n) is 7.39. The number of aliphatic hydroxyl groups is 1. The van der Waals surface area contributed by atoms with Crippen LogP contribution in [0.1, 0.15) is 47.9 Å². The molecule has 0 aliphatic heterocycles. The minimum atomic E-state index is 0.336. The summed E-state index contributed by atoms with van der Waals surface area (Å²) in [6, 6.07) is 4.46. The molecule has 0 unspecified atom stereocenters. The van der Waals surface area contributed by atoms with Crippen molar-refractivity contribution in [3.05, 3.63) is 34.4 Å². The molecule has 1 saturated carbocycles. The van der Waals surface area contributed by atoms with Gasteiger partial charge in [0.05, 0.1) is 12.7 Å². The maximum atomic E-state index is 9.14. The van der Waals surface area contributed by atoms with Crippen molar-refractivity contribution in [1.29, 1.82) is 0 Å². The summed E-state index contributed by atoms with van der Waals surface area (Å²) in [6.07, 6.45) is 4.77. The lowest BCUT2D eigenvalue weighted by Gasteiger charge is -2.27. The Bertz CT molecular complexity index is 394. The summed E-state index contributed by atoms with van der Waals surface area (Å²) in [4.78, 5) is 0. The van der Waals surface area contributed by atoms with Gasteiger partial charge in [-0.25, -0.2) is 0 Å². The van der Waals surface area contributed by atoms with Crippen molar-refractivity contribution in [3.8, 4) is 0 Å². The highest BCUT2D eigenvalue weighted by molar-refractivity contribution is 5.36. The second kappa shape index (κ2) is 6.53. The van der Waals surface area contributed by atoms with Crippen molar-refractivity contribution in [2.24, 2.45) is 5.92 Å². The SMILES string of the molecule is Cc1cc(C)c(COC2CCC(CO)CC2)c(C)c1. The summed E-state index contributed by atoms with van der Waals surface area (Å²) < 4.78 is 6.08. The molecule has 0 aromatic heterocycles. The van der Waals surface area contributed by atoms with E-state index in [0.29, 0.717) is 18.6 Å². The molecule has 1 N–H and O–H groups in total. The lowest BCUT2D eigenvalue weighted by Crippen LogP contribution is -2.23. The van der Waals surface area contributed by atoms with Gasteiger partial charge >= 0.3 is 0 Å². The van der Waals surface area contributed by atoms with Crippen molar-refractivity contribution < 1.29 is 9.84 Å². The van der Waals surface area contributed by atoms with E-state index >= 15 is 0 Å². The van der Waals surface area contributed by atoms with Crippen LogP contribution in [-0.4, -0.2) is 17.8 Å². The Morgan fingerprint density at radius 1 is 1.05 bits per heavy atom. The highest BCUT2D eigenvalue weighted by Crippen LogP contribution is 2.27. The zero-order valence-corrected chi connectivity index (χ0v) is 12.4. The van der Waals surface area contributed by atoms with Crippen LogP contribution in [0, 0.1) is 26.7 Å². The van der Waals surface area contributed by atoms with E-state index in [1.165, 1.54) is 22.3 Å². The molecule has 1 fully saturated rings. The Labute approximate surface area is 116 Å². The van der Waals surface area contributed by atoms with Gasteiger partial charge < -0.3 is 9.84 Å². The number of aliphatic hydroxyl groups excluding tert-OH is 1. The van der Waals surface area contributed by atoms with E-state index in [0.717, 1.165) is 32.3 Å². The molecular weight excluding hydrogens is 236 g/mol. The molecule has 1 aliphatic carbocycles. The number of hydrogen-bond acceptors (Lipinski definition) is 2. The van der Waals surface area contributed by atoms with Crippen LogP contribution in [0.25, 0.3) is 0 Å². The summed E-state index contributed by atoms with van der Waals surface area (Å²) in [6.45, 7) is 7.54. The monoisotopic (exact) mass is 262 g/mol. The number of ether oxygens (including phenoxy) is 1. The topological polar surface area (TPSA) is 29.5 Å². The first-order chi connectivity index (χ1) is 9.10. The van der Waals surface area contributed by atoms with Crippen molar-refractivity contribution >= 4 is 0 Å². The molecule has 1 aromatic carbocycles. The van der Waals surface area contributed by atoms with E-state index in [9.17, 15) is 0 Å². The van der Waals surface area contributed by atoms with Gasteiger partial charge in [0, 0.05) is 6.61 Å². The number of hydrogen-bond donors (Lipinski definition) is 1. The highest BCUT2D eigenvalue weighted by atomic mass is 16.5. The summed E-state index contributed by atoms with van der Waals surface area (Å²) in [7, 11) is 0. The van der Waals surface area contributed by atoms with E-state index in [-0.39, 0.29) is 0 Å². The smallest absolute Gasteiger partial charge is 0.0725 e. The van der Waals surface area contributed by atoms with Crippen LogP contribution in [0.5, 0.6) is 0 Å². The summed E-state index contributed by atoms with van der Waals surface area (Å²) in [5.41, 5.74) is 5.33. The Hall–Kier alpha value is -0.860. The quantitative estimate of drug-likeness (QED) is 0.897. The largest absolute Gasteiger partial charge is 0.396 e. The third-order valence-electron chi connectivity index (χ3n) is 4.36. The van der Waals surface area contributed by atoms with Gasteiger partial charge in [-0.15, -0.1) is 0 Å². The van der Waals surface area contributed by atoms with Gasteiger partial charge in [-0.1, -0.05) is 17.7 Å². The van der Waals surface area contributed by atoms with Gasteiger partial charge in [0.15, 0.2) is 0 Å². The van der Waals surface area contributed by atoms with Gasteiger partial charge in [0.1, 0.15) is 0 Å². The van der Waals surface area contributed by atoms with Gasteiger partial charge in [0.2, 0.25) is 0 Å². The van der Waals surface area contributed by atoms with Crippen LogP contribution < -0.4 is 0 Å². The molecule has 0 bridgehead atoms. The zero-order chi connectivity index (χ0) is 13.8. The van der Waals surface area contributed by atoms with Crippen LogP contribution in [0.3, 0.4) is 0 Å². The number of benzene rings is 1. The second-order valence-electron chi connectivity index (χ2n) is 6.01. The third kappa shape index (κ3) is 3.80. The number of rotatable bonds is 4. The fourth-order valence-electron chi connectivity index (χ4n) is 3.12. The molecule has 0 radical (unpaired) electrons. The Morgan fingerprint density at radius 2 is 1.63 bits per heavy atom. The normalized spacial score (nSPS) is 23.6. The first-order valence-corrected chi connectivity index (χ1v) is 7.39. The summed E-state index contributed by atoms with van der Waals surface area (Å²) in [5, 5.41) is 9.14. The van der Waals surface area contributed by atoms with Crippen LogP contribution >= 0.6 is 0 Å². The maximum absolute atomic E-state index is 9.14. The standard InChI is InChI=1S/C17H26O2/c1-12-8-13(2)17(14(3)9-12)11-19-16-6-4-15(10-18)5-7-16/h8-9,15-16,18H,4-7,10-11H2,1-3H3. The van der Waals surface area contributed by atoms with Crippen molar-refractivity contribution in [3.63, 3.8) is 0 Å². The van der Waals surface area contributed by atoms with Crippen molar-refractivity contribution in [2.75, 3.05) is 6.61 Å². The lowest BCUT2D eigenvalue weighted by molar-refractivity contribution is 0.000831. The Kier molecular flexibility index (Phi) is 5.00. The molecule has 1 aromatic rings. The van der Waals surface area contributed by atoms with E-state index in [2.05, 4.69) is 32.9 Å². The third-order valence-corrected chi connectivity index (χ3v) is 4.36. The predicted octanol–water partition coefficient (Wildman–Crippen LogP) is 3.68. The highest BCUT2D eigenvalue weighted by Gasteiger charge is 2.21. The molecule has 0 amide bonds. The molecule has 2 nitrogen and oxygen atoms in total. The molecule has 0 saturated heterocycles. The predicted molar refractivity (Wildman–Crippen MR) is 78.3 cm³/mol.